The van der Waals surface area contributed by atoms with Crippen molar-refractivity contribution >= 4 is 12.0 Å². The lowest BCUT2D eigenvalue weighted by molar-refractivity contribution is -0.137. The zero-order chi connectivity index (χ0) is 13.5. The van der Waals surface area contributed by atoms with Crippen molar-refractivity contribution in [1.29, 1.82) is 0 Å². The molecule has 7 nitrogen and oxygen atoms in total. The van der Waals surface area contributed by atoms with E-state index in [9.17, 15) is 9.59 Å². The van der Waals surface area contributed by atoms with Crippen LogP contribution in [0.3, 0.4) is 0 Å². The van der Waals surface area contributed by atoms with Gasteiger partial charge in [-0.15, -0.1) is 6.58 Å². The summed E-state index contributed by atoms with van der Waals surface area (Å²) >= 11 is 0. The van der Waals surface area contributed by atoms with Crippen LogP contribution in [0.1, 0.15) is 5.56 Å². The van der Waals surface area contributed by atoms with Crippen LogP contribution in [0.2, 0.25) is 0 Å². The van der Waals surface area contributed by atoms with Crippen LogP contribution in [-0.2, 0) is 11.3 Å². The predicted octanol–water partition coefficient (Wildman–Crippen LogP) is 0.534. The molecular weight excluding hydrogens is 236 g/mol. The molecule has 0 aliphatic carbocycles. The molecule has 98 valence electrons. The highest BCUT2D eigenvalue weighted by Gasteiger charge is 2.19. The normalized spacial score (nSPS) is 9.83. The number of aromatic amines is 1. The molecule has 0 atom stereocenters. The molecule has 0 radical (unpaired) electrons. The Kier molecular flexibility index (Phi) is 4.91. The lowest BCUT2D eigenvalue weighted by Crippen LogP contribution is -2.43. The summed E-state index contributed by atoms with van der Waals surface area (Å²) in [5.41, 5.74) is 0.847. The van der Waals surface area contributed by atoms with Crippen LogP contribution < -0.4 is 0 Å². The molecule has 0 unspecified atom stereocenters. The van der Waals surface area contributed by atoms with Crippen LogP contribution in [0.15, 0.2) is 25.0 Å². The van der Waals surface area contributed by atoms with E-state index in [0.717, 1.165) is 5.56 Å². The quantitative estimate of drug-likeness (QED) is 0.723. The number of hydrogen-bond acceptors (Lipinski definition) is 3. The molecule has 0 aliphatic rings. The fourth-order valence-electron chi connectivity index (χ4n) is 1.48. The first-order chi connectivity index (χ1) is 8.54. The number of urea groups is 1. The number of nitrogens with zero attached hydrogens (tertiary/aromatic N) is 3. The van der Waals surface area contributed by atoms with Crippen molar-refractivity contribution in [3.05, 3.63) is 30.6 Å². The van der Waals surface area contributed by atoms with Crippen molar-refractivity contribution in [2.45, 2.75) is 6.54 Å². The number of carbonyl (C=O) groups is 2. The summed E-state index contributed by atoms with van der Waals surface area (Å²) in [6.07, 6.45) is 4.78. The van der Waals surface area contributed by atoms with Crippen molar-refractivity contribution in [1.82, 2.24) is 20.0 Å². The first-order valence-electron chi connectivity index (χ1n) is 5.35. The maximum atomic E-state index is 12.0. The minimum absolute atomic E-state index is 0.195. The predicted molar refractivity (Wildman–Crippen MR) is 64.9 cm³/mol. The van der Waals surface area contributed by atoms with Crippen molar-refractivity contribution in [2.24, 2.45) is 0 Å². The third-order valence-electron chi connectivity index (χ3n) is 2.25. The molecule has 0 aliphatic heterocycles. The van der Waals surface area contributed by atoms with Crippen molar-refractivity contribution in [3.8, 4) is 0 Å². The van der Waals surface area contributed by atoms with Gasteiger partial charge in [-0.3, -0.25) is 9.89 Å². The fraction of sp³-hybridized carbons (Fsp3) is 0.364. The highest BCUT2D eigenvalue weighted by Crippen LogP contribution is 2.04. The SMILES string of the molecule is C=CCN(CC(=O)O)C(=O)N(C)Cc1cn[nH]c1. The molecule has 2 N–H and O–H groups in total. The second-order valence-corrected chi connectivity index (χ2v) is 3.81. The van der Waals surface area contributed by atoms with Crippen LogP contribution in [0.4, 0.5) is 4.79 Å². The zero-order valence-corrected chi connectivity index (χ0v) is 10.2. The minimum Gasteiger partial charge on any atom is -0.480 e. The number of rotatable bonds is 6. The number of carboxylic acids is 1. The molecule has 0 saturated heterocycles. The van der Waals surface area contributed by atoms with Crippen LogP contribution in [0.5, 0.6) is 0 Å². The van der Waals surface area contributed by atoms with E-state index in [-0.39, 0.29) is 19.1 Å². The topological polar surface area (TPSA) is 89.5 Å². The Bertz CT molecular complexity index is 416. The van der Waals surface area contributed by atoms with Crippen LogP contribution in [0.25, 0.3) is 0 Å². The van der Waals surface area contributed by atoms with E-state index in [1.54, 1.807) is 19.4 Å². The molecule has 0 saturated carbocycles. The molecule has 7 heteroatoms. The first kappa shape index (κ1) is 13.8. The molecule has 18 heavy (non-hydrogen) atoms. The third-order valence-corrected chi connectivity index (χ3v) is 2.25. The van der Waals surface area contributed by atoms with Gasteiger partial charge in [0.05, 0.1) is 12.7 Å². The van der Waals surface area contributed by atoms with Gasteiger partial charge in [0.25, 0.3) is 0 Å². The van der Waals surface area contributed by atoms with E-state index < -0.39 is 5.97 Å². The Balaban J connectivity index is 2.63. The monoisotopic (exact) mass is 252 g/mol. The summed E-state index contributed by atoms with van der Waals surface area (Å²) in [6, 6.07) is -0.362. The number of H-pyrrole nitrogens is 1. The van der Waals surface area contributed by atoms with Gasteiger partial charge < -0.3 is 14.9 Å². The van der Waals surface area contributed by atoms with Crippen molar-refractivity contribution in [3.63, 3.8) is 0 Å². The standard InChI is InChI=1S/C11H16N4O3/c1-3-4-15(8-10(16)17)11(18)14(2)7-9-5-12-13-6-9/h3,5-6H,1,4,7-8H2,2H3,(H,12,13)(H,16,17). The van der Waals surface area contributed by atoms with Crippen molar-refractivity contribution in [2.75, 3.05) is 20.1 Å². The largest absolute Gasteiger partial charge is 0.480 e. The van der Waals surface area contributed by atoms with Gasteiger partial charge in [-0.05, 0) is 0 Å². The first-order valence-corrected chi connectivity index (χ1v) is 5.35. The highest BCUT2D eigenvalue weighted by molar-refractivity contribution is 5.80. The fourth-order valence-corrected chi connectivity index (χ4v) is 1.48. The van der Waals surface area contributed by atoms with Crippen LogP contribution >= 0.6 is 0 Å². The van der Waals surface area contributed by atoms with Gasteiger partial charge in [0, 0.05) is 25.4 Å². The molecule has 1 aromatic rings. The number of carboxylic acid groups (broad SMARTS) is 1. The van der Waals surface area contributed by atoms with Crippen molar-refractivity contribution < 1.29 is 14.7 Å². The molecule has 0 fully saturated rings. The van der Waals surface area contributed by atoms with Crippen LogP contribution in [-0.4, -0.2) is 57.2 Å². The average Bonchev–Trinajstić information content (AvgIpc) is 2.79. The summed E-state index contributed by atoms with van der Waals surface area (Å²) in [6.45, 7) is 3.72. The molecule has 0 bridgehead atoms. The van der Waals surface area contributed by atoms with Gasteiger partial charge in [-0.25, -0.2) is 4.79 Å². The number of aromatic nitrogens is 2. The van der Waals surface area contributed by atoms with E-state index in [1.165, 1.54) is 15.9 Å². The number of hydrogen-bond donors (Lipinski definition) is 2. The lowest BCUT2D eigenvalue weighted by Gasteiger charge is -2.25. The van der Waals surface area contributed by atoms with Gasteiger partial charge in [0.15, 0.2) is 0 Å². The van der Waals surface area contributed by atoms with Gasteiger partial charge in [0.2, 0.25) is 0 Å². The van der Waals surface area contributed by atoms with E-state index in [4.69, 9.17) is 5.11 Å². The van der Waals surface area contributed by atoms with Crippen LogP contribution in [0, 0.1) is 0 Å². The Morgan fingerprint density at radius 3 is 2.83 bits per heavy atom. The molecular formula is C11H16N4O3. The average molecular weight is 252 g/mol. The number of amides is 2. The Hall–Kier alpha value is -2.31. The van der Waals surface area contributed by atoms with Gasteiger partial charge in [-0.2, -0.15) is 5.10 Å². The minimum atomic E-state index is -1.05. The molecule has 0 aromatic carbocycles. The number of aliphatic carboxylic acids is 1. The van der Waals surface area contributed by atoms with Gasteiger partial charge in [-0.1, -0.05) is 6.08 Å². The number of nitrogens with one attached hydrogen (secondary N) is 1. The Morgan fingerprint density at radius 1 is 1.61 bits per heavy atom. The smallest absolute Gasteiger partial charge is 0.323 e. The van der Waals surface area contributed by atoms with E-state index in [2.05, 4.69) is 16.8 Å². The summed E-state index contributed by atoms with van der Waals surface area (Å²) in [7, 11) is 1.60. The summed E-state index contributed by atoms with van der Waals surface area (Å²) in [5.74, 6) is -1.05. The Morgan fingerprint density at radius 2 is 2.33 bits per heavy atom. The molecule has 0 spiro atoms. The van der Waals surface area contributed by atoms with Gasteiger partial charge >= 0.3 is 12.0 Å². The summed E-state index contributed by atoms with van der Waals surface area (Å²) in [5, 5.41) is 15.2. The zero-order valence-electron chi connectivity index (χ0n) is 10.2. The summed E-state index contributed by atoms with van der Waals surface area (Å²) < 4.78 is 0. The maximum absolute atomic E-state index is 12.0. The molecule has 1 heterocycles. The van der Waals surface area contributed by atoms with E-state index in [1.807, 2.05) is 0 Å². The summed E-state index contributed by atoms with van der Waals surface area (Å²) in [4.78, 5) is 25.3. The highest BCUT2D eigenvalue weighted by atomic mass is 16.4. The van der Waals surface area contributed by atoms with Gasteiger partial charge in [0.1, 0.15) is 6.54 Å². The maximum Gasteiger partial charge on any atom is 0.323 e. The van der Waals surface area contributed by atoms with E-state index >= 15 is 0 Å². The second kappa shape index (κ2) is 6.43. The van der Waals surface area contributed by atoms with E-state index in [0.29, 0.717) is 6.54 Å². The Labute approximate surface area is 105 Å². The molecule has 1 aromatic heterocycles. The molecule has 2 amide bonds. The second-order valence-electron chi connectivity index (χ2n) is 3.81. The number of carbonyl (C=O) groups excluding carboxylic acids is 1. The molecule has 1 rings (SSSR count). The third kappa shape index (κ3) is 3.93. The lowest BCUT2D eigenvalue weighted by atomic mass is 10.3.